The van der Waals surface area contributed by atoms with Crippen molar-refractivity contribution in [2.24, 2.45) is 12.8 Å². The van der Waals surface area contributed by atoms with Gasteiger partial charge in [-0.15, -0.1) is 21.5 Å². The molecule has 2 heterocycles. The van der Waals surface area contributed by atoms with E-state index >= 15 is 0 Å². The van der Waals surface area contributed by atoms with E-state index in [0.29, 0.717) is 0 Å². The SMILES string of the molecule is Cn1c(SCC(=O)Nc2sccc2C(N)=O)nnc1C(F)(F)F. The van der Waals surface area contributed by atoms with Gasteiger partial charge < -0.3 is 15.6 Å². The fourth-order valence-corrected chi connectivity index (χ4v) is 3.10. The zero-order chi connectivity index (χ0) is 17.2. The van der Waals surface area contributed by atoms with Crippen LogP contribution in [-0.2, 0) is 18.0 Å². The first-order valence-electron chi connectivity index (χ1n) is 5.96. The third-order valence-corrected chi connectivity index (χ3v) is 4.45. The van der Waals surface area contributed by atoms with Crippen molar-refractivity contribution in [3.05, 3.63) is 22.8 Å². The van der Waals surface area contributed by atoms with E-state index in [1.165, 1.54) is 6.07 Å². The molecule has 0 atom stereocenters. The minimum absolute atomic E-state index is 0.0474. The zero-order valence-corrected chi connectivity index (χ0v) is 13.2. The maximum Gasteiger partial charge on any atom is 0.451 e. The molecule has 0 saturated carbocycles. The summed E-state index contributed by atoms with van der Waals surface area (Å²) in [7, 11) is 1.16. The molecule has 0 saturated heterocycles. The third kappa shape index (κ3) is 4.01. The van der Waals surface area contributed by atoms with Crippen molar-refractivity contribution in [3.63, 3.8) is 0 Å². The molecule has 0 aromatic carbocycles. The van der Waals surface area contributed by atoms with Crippen LogP contribution >= 0.6 is 23.1 Å². The average molecular weight is 365 g/mol. The van der Waals surface area contributed by atoms with Crippen LogP contribution in [0.2, 0.25) is 0 Å². The van der Waals surface area contributed by atoms with Crippen molar-refractivity contribution in [1.82, 2.24) is 14.8 Å². The van der Waals surface area contributed by atoms with Gasteiger partial charge in [-0.3, -0.25) is 9.59 Å². The molecule has 3 N–H and O–H groups in total. The zero-order valence-electron chi connectivity index (χ0n) is 11.5. The van der Waals surface area contributed by atoms with Crippen LogP contribution in [0.1, 0.15) is 16.2 Å². The van der Waals surface area contributed by atoms with Gasteiger partial charge in [0.15, 0.2) is 5.16 Å². The molecule has 0 fully saturated rings. The lowest BCUT2D eigenvalue weighted by molar-refractivity contribution is -0.147. The van der Waals surface area contributed by atoms with Gasteiger partial charge in [-0.2, -0.15) is 13.2 Å². The molecule has 124 valence electrons. The lowest BCUT2D eigenvalue weighted by Gasteiger charge is -2.06. The standard InChI is InChI=1S/C11H10F3N5O2S2/c1-19-9(11(12,13)14)17-18-10(19)23-4-6(20)16-8-5(7(15)21)2-3-22-8/h2-3H,4H2,1H3,(H2,15,21)(H,16,20). The van der Waals surface area contributed by atoms with E-state index in [-0.39, 0.29) is 21.5 Å². The number of halogens is 3. The van der Waals surface area contributed by atoms with Crippen LogP contribution in [0.5, 0.6) is 0 Å². The molecule has 0 aliphatic heterocycles. The molecule has 7 nitrogen and oxygen atoms in total. The first-order chi connectivity index (χ1) is 10.7. The van der Waals surface area contributed by atoms with Gasteiger partial charge in [-0.25, -0.2) is 0 Å². The minimum Gasteiger partial charge on any atom is -0.366 e. The van der Waals surface area contributed by atoms with E-state index in [9.17, 15) is 22.8 Å². The number of nitrogens with zero attached hydrogens (tertiary/aromatic N) is 3. The third-order valence-electron chi connectivity index (χ3n) is 2.60. The van der Waals surface area contributed by atoms with Gasteiger partial charge in [0.2, 0.25) is 11.7 Å². The van der Waals surface area contributed by atoms with Crippen molar-refractivity contribution >= 4 is 39.9 Å². The summed E-state index contributed by atoms with van der Waals surface area (Å²) in [6.45, 7) is 0. The van der Waals surface area contributed by atoms with Crippen LogP contribution in [-0.4, -0.2) is 32.3 Å². The molecule has 0 aliphatic carbocycles. The number of hydrogen-bond acceptors (Lipinski definition) is 6. The molecule has 0 spiro atoms. The van der Waals surface area contributed by atoms with E-state index < -0.39 is 23.8 Å². The first-order valence-corrected chi connectivity index (χ1v) is 7.83. The Labute approximate surface area is 136 Å². The van der Waals surface area contributed by atoms with E-state index in [1.807, 2.05) is 0 Å². The Kier molecular flexibility index (Phi) is 4.94. The van der Waals surface area contributed by atoms with Gasteiger partial charge >= 0.3 is 6.18 Å². The normalized spacial score (nSPS) is 11.5. The molecule has 2 amide bonds. The van der Waals surface area contributed by atoms with Crippen molar-refractivity contribution in [1.29, 1.82) is 0 Å². The maximum absolute atomic E-state index is 12.6. The summed E-state index contributed by atoms with van der Waals surface area (Å²) >= 11 is 1.91. The van der Waals surface area contributed by atoms with Crippen LogP contribution < -0.4 is 11.1 Å². The maximum atomic E-state index is 12.6. The van der Waals surface area contributed by atoms with Gasteiger partial charge in [0, 0.05) is 7.05 Å². The van der Waals surface area contributed by atoms with Crippen LogP contribution in [0, 0.1) is 0 Å². The highest BCUT2D eigenvalue weighted by Gasteiger charge is 2.37. The number of rotatable bonds is 5. The summed E-state index contributed by atoms with van der Waals surface area (Å²) in [5, 5.41) is 10.8. The lowest BCUT2D eigenvalue weighted by Crippen LogP contribution is -2.18. The molecule has 0 aliphatic rings. The second-order valence-corrected chi connectivity index (χ2v) is 6.09. The minimum atomic E-state index is -4.61. The molecule has 2 aromatic rings. The Morgan fingerprint density at radius 2 is 2.13 bits per heavy atom. The molecule has 0 radical (unpaired) electrons. The van der Waals surface area contributed by atoms with E-state index in [2.05, 4.69) is 15.5 Å². The number of anilines is 1. The average Bonchev–Trinajstić information content (AvgIpc) is 3.02. The number of thiophene rings is 1. The predicted octanol–water partition coefficient (Wildman–Crippen LogP) is 1.73. The number of nitrogens with two attached hydrogens (primary N) is 1. The second kappa shape index (κ2) is 6.58. The summed E-state index contributed by atoms with van der Waals surface area (Å²) in [6.07, 6.45) is -4.61. The molecule has 12 heteroatoms. The highest BCUT2D eigenvalue weighted by molar-refractivity contribution is 7.99. The van der Waals surface area contributed by atoms with Crippen molar-refractivity contribution in [2.75, 3.05) is 11.1 Å². The number of amides is 2. The summed E-state index contributed by atoms with van der Waals surface area (Å²) in [4.78, 5) is 22.9. The van der Waals surface area contributed by atoms with Gasteiger partial charge in [-0.1, -0.05) is 11.8 Å². The van der Waals surface area contributed by atoms with Crippen molar-refractivity contribution in [2.45, 2.75) is 11.3 Å². The van der Waals surface area contributed by atoms with Crippen molar-refractivity contribution in [3.8, 4) is 0 Å². The number of carbonyl (C=O) groups excluding carboxylic acids is 2. The van der Waals surface area contributed by atoms with E-state index in [4.69, 9.17) is 5.73 Å². The lowest BCUT2D eigenvalue weighted by atomic mass is 10.3. The Balaban J connectivity index is 1.99. The highest BCUT2D eigenvalue weighted by atomic mass is 32.2. The van der Waals surface area contributed by atoms with E-state index in [0.717, 1.165) is 34.7 Å². The number of primary amides is 1. The van der Waals surface area contributed by atoms with Crippen LogP contribution in [0.15, 0.2) is 16.6 Å². The number of aromatic nitrogens is 3. The van der Waals surface area contributed by atoms with Gasteiger partial charge in [0.25, 0.3) is 5.91 Å². The Bertz CT molecular complexity index is 740. The number of hydrogen-bond donors (Lipinski definition) is 2. The predicted molar refractivity (Wildman–Crippen MR) is 78.2 cm³/mol. The molecule has 0 bridgehead atoms. The van der Waals surface area contributed by atoms with Gasteiger partial charge in [0.05, 0.1) is 11.3 Å². The topological polar surface area (TPSA) is 103 Å². The largest absolute Gasteiger partial charge is 0.451 e. The Hall–Kier alpha value is -2.08. The highest BCUT2D eigenvalue weighted by Crippen LogP contribution is 2.29. The van der Waals surface area contributed by atoms with Crippen LogP contribution in [0.25, 0.3) is 0 Å². The van der Waals surface area contributed by atoms with Gasteiger partial charge in [-0.05, 0) is 11.4 Å². The Morgan fingerprint density at radius 3 is 2.70 bits per heavy atom. The smallest absolute Gasteiger partial charge is 0.366 e. The monoisotopic (exact) mass is 365 g/mol. The fourth-order valence-electron chi connectivity index (χ4n) is 1.58. The molecule has 2 rings (SSSR count). The van der Waals surface area contributed by atoms with Crippen molar-refractivity contribution < 1.29 is 22.8 Å². The molecular weight excluding hydrogens is 355 g/mol. The Morgan fingerprint density at radius 1 is 1.43 bits per heavy atom. The quantitative estimate of drug-likeness (QED) is 0.786. The van der Waals surface area contributed by atoms with Crippen LogP contribution in [0.3, 0.4) is 0 Å². The molecule has 2 aromatic heterocycles. The van der Waals surface area contributed by atoms with E-state index in [1.54, 1.807) is 5.38 Å². The van der Waals surface area contributed by atoms with Gasteiger partial charge in [0.1, 0.15) is 5.00 Å². The number of thioether (sulfide) groups is 1. The summed E-state index contributed by atoms with van der Waals surface area (Å²) in [6, 6.07) is 1.47. The summed E-state index contributed by atoms with van der Waals surface area (Å²) < 4.78 is 38.5. The number of carbonyl (C=O) groups is 2. The number of nitrogens with one attached hydrogen (secondary N) is 1. The van der Waals surface area contributed by atoms with Crippen LogP contribution in [0.4, 0.5) is 18.2 Å². The second-order valence-electron chi connectivity index (χ2n) is 4.23. The summed E-state index contributed by atoms with van der Waals surface area (Å²) in [5.74, 6) is -2.52. The number of alkyl halides is 3. The molecule has 0 unspecified atom stereocenters. The molecular formula is C11H10F3N5O2S2. The summed E-state index contributed by atoms with van der Waals surface area (Å²) in [5.41, 5.74) is 5.32. The molecule has 23 heavy (non-hydrogen) atoms. The first kappa shape index (κ1) is 17.3. The fraction of sp³-hybridized carbons (Fsp3) is 0.273.